The first kappa shape index (κ1) is 22.1. The predicted octanol–water partition coefficient (Wildman–Crippen LogP) is 2.73. The SMILES string of the molecule is COc1ccc(C(=O)N2CCCC2)cc1NC(=O)c1ccn(C2CCCNC2)n1.Cl. The number of anilines is 1. The van der Waals surface area contributed by atoms with Crippen molar-refractivity contribution in [3.63, 3.8) is 0 Å². The molecule has 2 aliphatic heterocycles. The molecule has 2 saturated heterocycles. The topological polar surface area (TPSA) is 88.5 Å². The summed E-state index contributed by atoms with van der Waals surface area (Å²) in [5.41, 5.74) is 1.35. The van der Waals surface area contributed by atoms with E-state index in [4.69, 9.17) is 4.74 Å². The van der Waals surface area contributed by atoms with Gasteiger partial charge in [0.15, 0.2) is 5.69 Å². The van der Waals surface area contributed by atoms with Crippen LogP contribution in [-0.2, 0) is 0 Å². The van der Waals surface area contributed by atoms with Crippen LogP contribution in [0.5, 0.6) is 5.75 Å². The first-order valence-electron chi connectivity index (χ1n) is 10.2. The van der Waals surface area contributed by atoms with Gasteiger partial charge in [-0.2, -0.15) is 5.10 Å². The molecule has 4 rings (SSSR count). The number of hydrogen-bond acceptors (Lipinski definition) is 5. The van der Waals surface area contributed by atoms with Gasteiger partial charge in [0, 0.05) is 31.4 Å². The van der Waals surface area contributed by atoms with Gasteiger partial charge in [0.1, 0.15) is 5.75 Å². The minimum Gasteiger partial charge on any atom is -0.495 e. The van der Waals surface area contributed by atoms with Crippen molar-refractivity contribution in [2.24, 2.45) is 0 Å². The van der Waals surface area contributed by atoms with Gasteiger partial charge in [-0.1, -0.05) is 0 Å². The standard InChI is InChI=1S/C21H27N5O3.ClH/c1-29-19-7-6-15(21(28)25-10-2-3-11-25)13-18(19)23-20(27)17-8-12-26(24-17)16-5-4-9-22-14-16;/h6-8,12-13,16,22H,2-5,9-11,14H2,1H3,(H,23,27);1H. The molecule has 0 saturated carbocycles. The van der Waals surface area contributed by atoms with E-state index in [9.17, 15) is 9.59 Å². The molecular weight excluding hydrogens is 406 g/mol. The molecule has 1 unspecified atom stereocenters. The van der Waals surface area contributed by atoms with Crippen LogP contribution in [0.3, 0.4) is 0 Å². The van der Waals surface area contributed by atoms with Crippen molar-refractivity contribution in [1.29, 1.82) is 0 Å². The van der Waals surface area contributed by atoms with Gasteiger partial charge in [0.05, 0.1) is 18.8 Å². The Morgan fingerprint density at radius 1 is 1.20 bits per heavy atom. The molecule has 8 nitrogen and oxygen atoms in total. The van der Waals surface area contributed by atoms with E-state index in [0.717, 1.165) is 51.9 Å². The molecule has 2 fully saturated rings. The Morgan fingerprint density at radius 2 is 2.00 bits per heavy atom. The quantitative estimate of drug-likeness (QED) is 0.756. The summed E-state index contributed by atoms with van der Waals surface area (Å²) in [7, 11) is 1.54. The van der Waals surface area contributed by atoms with Crippen LogP contribution in [-0.4, -0.2) is 59.8 Å². The zero-order chi connectivity index (χ0) is 20.2. The normalized spacial score (nSPS) is 18.6. The average Bonchev–Trinajstić information content (AvgIpc) is 3.46. The molecule has 162 valence electrons. The highest BCUT2D eigenvalue weighted by atomic mass is 35.5. The van der Waals surface area contributed by atoms with E-state index >= 15 is 0 Å². The molecule has 2 aliphatic rings. The molecule has 2 aromatic rings. The van der Waals surface area contributed by atoms with Gasteiger partial charge in [0.2, 0.25) is 0 Å². The molecule has 2 N–H and O–H groups in total. The number of nitrogens with zero attached hydrogens (tertiary/aromatic N) is 3. The molecular formula is C21H28ClN5O3. The summed E-state index contributed by atoms with van der Waals surface area (Å²) in [6.45, 7) is 3.44. The van der Waals surface area contributed by atoms with Crippen molar-refractivity contribution in [3.8, 4) is 5.75 Å². The van der Waals surface area contributed by atoms with Crippen LogP contribution in [0.2, 0.25) is 0 Å². The monoisotopic (exact) mass is 433 g/mol. The maximum atomic E-state index is 12.8. The molecule has 30 heavy (non-hydrogen) atoms. The zero-order valence-electron chi connectivity index (χ0n) is 17.1. The maximum absolute atomic E-state index is 12.8. The summed E-state index contributed by atoms with van der Waals surface area (Å²) in [6, 6.07) is 7.11. The lowest BCUT2D eigenvalue weighted by atomic mass is 10.1. The number of amides is 2. The van der Waals surface area contributed by atoms with Crippen molar-refractivity contribution in [1.82, 2.24) is 20.0 Å². The van der Waals surface area contributed by atoms with Gasteiger partial charge in [-0.05, 0) is 56.5 Å². The van der Waals surface area contributed by atoms with Gasteiger partial charge in [-0.25, -0.2) is 0 Å². The minimum absolute atomic E-state index is 0. The second kappa shape index (κ2) is 9.95. The Balaban J connectivity index is 0.00000256. The number of carbonyl (C=O) groups is 2. The first-order chi connectivity index (χ1) is 14.2. The molecule has 1 aromatic carbocycles. The van der Waals surface area contributed by atoms with E-state index in [1.807, 2.05) is 15.8 Å². The zero-order valence-corrected chi connectivity index (χ0v) is 17.9. The highest BCUT2D eigenvalue weighted by molar-refractivity contribution is 6.05. The number of rotatable bonds is 5. The smallest absolute Gasteiger partial charge is 0.276 e. The molecule has 1 aromatic heterocycles. The Hall–Kier alpha value is -2.58. The third-order valence-electron chi connectivity index (χ3n) is 5.57. The number of ether oxygens (including phenoxy) is 1. The number of piperidine rings is 1. The van der Waals surface area contributed by atoms with Gasteiger partial charge in [-0.15, -0.1) is 12.4 Å². The van der Waals surface area contributed by atoms with Crippen molar-refractivity contribution in [2.45, 2.75) is 31.7 Å². The number of likely N-dealkylation sites (tertiary alicyclic amines) is 1. The van der Waals surface area contributed by atoms with Crippen molar-refractivity contribution < 1.29 is 14.3 Å². The Morgan fingerprint density at radius 3 is 2.70 bits per heavy atom. The van der Waals surface area contributed by atoms with Gasteiger partial charge < -0.3 is 20.3 Å². The number of benzene rings is 1. The lowest BCUT2D eigenvalue weighted by Gasteiger charge is -2.22. The summed E-state index contributed by atoms with van der Waals surface area (Å²) in [6.07, 6.45) is 6.05. The van der Waals surface area contributed by atoms with E-state index in [1.165, 1.54) is 7.11 Å². The van der Waals surface area contributed by atoms with Crippen LogP contribution in [0.25, 0.3) is 0 Å². The van der Waals surface area contributed by atoms with Crippen LogP contribution in [0.4, 0.5) is 5.69 Å². The first-order valence-corrected chi connectivity index (χ1v) is 10.2. The Labute approximate surface area is 182 Å². The second-order valence-electron chi connectivity index (χ2n) is 7.55. The fraction of sp³-hybridized carbons (Fsp3) is 0.476. The molecule has 3 heterocycles. The Kier molecular flexibility index (Phi) is 7.33. The van der Waals surface area contributed by atoms with Crippen LogP contribution < -0.4 is 15.4 Å². The lowest BCUT2D eigenvalue weighted by Crippen LogP contribution is -2.32. The molecule has 0 bridgehead atoms. The molecule has 0 aliphatic carbocycles. The van der Waals surface area contributed by atoms with E-state index in [2.05, 4.69) is 15.7 Å². The molecule has 1 atom stereocenters. The number of carbonyl (C=O) groups excluding carboxylic acids is 2. The summed E-state index contributed by atoms with van der Waals surface area (Å²) in [5.74, 6) is 0.165. The van der Waals surface area contributed by atoms with Gasteiger partial charge in [-0.3, -0.25) is 14.3 Å². The van der Waals surface area contributed by atoms with Crippen LogP contribution >= 0.6 is 12.4 Å². The fourth-order valence-corrected chi connectivity index (χ4v) is 3.95. The van der Waals surface area contributed by atoms with Crippen LogP contribution in [0.15, 0.2) is 30.5 Å². The number of methoxy groups -OCH3 is 1. The van der Waals surface area contributed by atoms with Gasteiger partial charge >= 0.3 is 0 Å². The van der Waals surface area contributed by atoms with Crippen molar-refractivity contribution in [3.05, 3.63) is 41.7 Å². The van der Waals surface area contributed by atoms with E-state index < -0.39 is 0 Å². The largest absolute Gasteiger partial charge is 0.495 e. The van der Waals surface area contributed by atoms with Crippen LogP contribution in [0.1, 0.15) is 52.6 Å². The molecule has 9 heteroatoms. The highest BCUT2D eigenvalue weighted by Gasteiger charge is 2.22. The minimum atomic E-state index is -0.323. The average molecular weight is 434 g/mol. The molecule has 0 spiro atoms. The Bertz CT molecular complexity index is 889. The summed E-state index contributed by atoms with van der Waals surface area (Å²) in [5, 5.41) is 10.7. The van der Waals surface area contributed by atoms with Crippen molar-refractivity contribution in [2.75, 3.05) is 38.6 Å². The molecule has 0 radical (unpaired) electrons. The highest BCUT2D eigenvalue weighted by Crippen LogP contribution is 2.27. The maximum Gasteiger partial charge on any atom is 0.276 e. The summed E-state index contributed by atoms with van der Waals surface area (Å²) < 4.78 is 7.22. The summed E-state index contributed by atoms with van der Waals surface area (Å²) >= 11 is 0. The van der Waals surface area contributed by atoms with E-state index in [1.54, 1.807) is 24.3 Å². The van der Waals surface area contributed by atoms with E-state index in [-0.39, 0.29) is 30.3 Å². The molecule has 2 amide bonds. The van der Waals surface area contributed by atoms with Crippen LogP contribution in [0, 0.1) is 0 Å². The number of hydrogen-bond donors (Lipinski definition) is 2. The number of nitrogens with one attached hydrogen (secondary N) is 2. The lowest BCUT2D eigenvalue weighted by molar-refractivity contribution is 0.0792. The third-order valence-corrected chi connectivity index (χ3v) is 5.57. The van der Waals surface area contributed by atoms with Gasteiger partial charge in [0.25, 0.3) is 11.8 Å². The number of aromatic nitrogens is 2. The number of halogens is 1. The third kappa shape index (κ3) is 4.76. The second-order valence-corrected chi connectivity index (χ2v) is 7.55. The fourth-order valence-electron chi connectivity index (χ4n) is 3.95. The van der Waals surface area contributed by atoms with E-state index in [0.29, 0.717) is 22.7 Å². The summed E-state index contributed by atoms with van der Waals surface area (Å²) in [4.78, 5) is 27.3. The van der Waals surface area contributed by atoms with Crippen molar-refractivity contribution >= 4 is 29.9 Å². The predicted molar refractivity (Wildman–Crippen MR) is 117 cm³/mol.